The van der Waals surface area contributed by atoms with Crippen LogP contribution in [0, 0.1) is 0 Å². The lowest BCUT2D eigenvalue weighted by atomic mass is 10.1. The van der Waals surface area contributed by atoms with Gasteiger partial charge < -0.3 is 24.1 Å². The number of hydrogen-bond acceptors (Lipinski definition) is 7. The monoisotopic (exact) mass is 786 g/mol. The van der Waals surface area contributed by atoms with E-state index in [1.54, 1.807) is 59.7 Å². The largest absolute Gasteiger partial charge is 0.497 e. The molecule has 0 aliphatic heterocycles. The number of carboxylic acids is 1. The Morgan fingerprint density at radius 3 is 1.50 bits per heavy atom. The second kappa shape index (κ2) is 18.2. The lowest BCUT2D eigenvalue weighted by Crippen LogP contribution is -2.41. The van der Waals surface area contributed by atoms with Gasteiger partial charge in [0, 0.05) is 10.5 Å². The lowest BCUT2D eigenvalue weighted by Gasteiger charge is -2.28. The highest BCUT2D eigenvalue weighted by Gasteiger charge is 2.36. The van der Waals surface area contributed by atoms with Crippen LogP contribution < -0.4 is 9.47 Å². The highest BCUT2D eigenvalue weighted by Crippen LogP contribution is 2.28. The normalized spacial score (nSPS) is 12.1. The molecule has 2 aromatic rings. The number of aliphatic carboxylic acids is 1. The Kier molecular flexibility index (Phi) is 16.0. The van der Waals surface area contributed by atoms with Crippen molar-refractivity contribution in [2.24, 2.45) is 0 Å². The van der Waals surface area contributed by atoms with E-state index in [0.717, 1.165) is 6.08 Å². The molecule has 10 nitrogen and oxygen atoms in total. The predicted molar refractivity (Wildman–Crippen MR) is 176 cm³/mol. The van der Waals surface area contributed by atoms with Gasteiger partial charge in [-0.1, -0.05) is 22.0 Å². The van der Waals surface area contributed by atoms with Crippen LogP contribution in [0.4, 0.5) is 35.9 Å². The molecule has 0 bridgehead atoms. The number of methoxy groups -OCH3 is 2. The Morgan fingerprint density at radius 2 is 1.12 bits per heavy atom. The average molecular weight is 788 g/mol. The Balaban J connectivity index is 0.000000506. The first-order valence-electron chi connectivity index (χ1n) is 14.7. The molecule has 2 aromatic carbocycles. The summed E-state index contributed by atoms with van der Waals surface area (Å²) in [6.45, 7) is 5.81. The van der Waals surface area contributed by atoms with Crippen LogP contribution in [0.15, 0.2) is 46.9 Å². The molecule has 0 unspecified atom stereocenters. The summed E-state index contributed by atoms with van der Waals surface area (Å²) in [6, 6.07) is 9.35. The molecule has 280 valence electrons. The van der Waals surface area contributed by atoms with E-state index in [-0.39, 0.29) is 12.1 Å². The summed E-state index contributed by atoms with van der Waals surface area (Å²) in [7, 11) is 2.83. The van der Waals surface area contributed by atoms with Crippen molar-refractivity contribution in [3.63, 3.8) is 0 Å². The number of benzene rings is 2. The average Bonchev–Trinajstić information content (AvgIpc) is 2.94. The van der Waals surface area contributed by atoms with Crippen molar-refractivity contribution >= 4 is 40.2 Å². The summed E-state index contributed by atoms with van der Waals surface area (Å²) in [4.78, 5) is 36.2. The van der Waals surface area contributed by atoms with Gasteiger partial charge in [0.2, 0.25) is 0 Å². The molecule has 50 heavy (non-hydrogen) atoms. The third-order valence-electron chi connectivity index (χ3n) is 5.77. The molecule has 2 amide bonds. The van der Waals surface area contributed by atoms with Gasteiger partial charge in [0.05, 0.1) is 27.3 Å². The smallest absolute Gasteiger partial charge is 0.410 e. The van der Waals surface area contributed by atoms with Crippen molar-refractivity contribution in [2.75, 3.05) is 27.3 Å². The molecular weight excluding hydrogens is 746 g/mol. The Morgan fingerprint density at radius 1 is 0.720 bits per heavy atom. The summed E-state index contributed by atoms with van der Waals surface area (Å²) < 4.78 is 97.9. The van der Waals surface area contributed by atoms with Crippen LogP contribution in [0.5, 0.6) is 11.5 Å². The highest BCUT2D eigenvalue weighted by molar-refractivity contribution is 9.10. The third kappa shape index (κ3) is 18.0. The first-order valence-corrected chi connectivity index (χ1v) is 15.5. The fourth-order valence-electron chi connectivity index (χ4n) is 3.84. The van der Waals surface area contributed by atoms with E-state index in [4.69, 9.17) is 24.1 Å². The number of amides is 2. The summed E-state index contributed by atoms with van der Waals surface area (Å²) in [5.74, 6) is -0.371. The fourth-order valence-corrected chi connectivity index (χ4v) is 4.21. The van der Waals surface area contributed by atoms with Gasteiger partial charge in [0.1, 0.15) is 35.8 Å². The highest BCUT2D eigenvalue weighted by atomic mass is 79.9. The van der Waals surface area contributed by atoms with Crippen LogP contribution >= 0.6 is 15.9 Å². The molecule has 0 aliphatic rings. The molecule has 0 aromatic heterocycles. The van der Waals surface area contributed by atoms with Gasteiger partial charge in [0.15, 0.2) is 0 Å². The molecule has 1 N–H and O–H groups in total. The number of alkyl halides is 6. The van der Waals surface area contributed by atoms with Crippen LogP contribution in [-0.2, 0) is 27.4 Å². The minimum Gasteiger partial charge on any atom is -0.497 e. The quantitative estimate of drug-likeness (QED) is 0.188. The minimum atomic E-state index is -4.63. The van der Waals surface area contributed by atoms with Crippen molar-refractivity contribution in [3.05, 3.63) is 63.6 Å². The SMILES string of the molecule is COc1ccc(Br)c(CN(CC(F)(F)F)C(=O)OC(C)(C)C)c1.COc1ccc(C=CC(=O)O)c(CN(CC(F)(F)F)C(=O)OC(C)(C)C)c1. The number of halogens is 7. The van der Waals surface area contributed by atoms with Gasteiger partial charge in [-0.15, -0.1) is 0 Å². The maximum absolute atomic E-state index is 12.9. The topological polar surface area (TPSA) is 115 Å². The number of nitrogens with zero attached hydrogens (tertiary/aromatic N) is 2. The summed E-state index contributed by atoms with van der Waals surface area (Å²) >= 11 is 3.26. The lowest BCUT2D eigenvalue weighted by molar-refractivity contribution is -0.146. The number of carboxylic acid groups (broad SMARTS) is 1. The van der Waals surface area contributed by atoms with E-state index in [1.165, 1.54) is 38.5 Å². The Labute approximate surface area is 295 Å². The molecule has 0 saturated carbocycles. The summed E-state index contributed by atoms with van der Waals surface area (Å²) in [5.41, 5.74) is -0.746. The van der Waals surface area contributed by atoms with Gasteiger partial charge in [-0.3, -0.25) is 9.80 Å². The summed E-state index contributed by atoms with van der Waals surface area (Å²) in [5, 5.41) is 8.77. The first-order chi connectivity index (χ1) is 22.7. The van der Waals surface area contributed by atoms with E-state index in [0.29, 0.717) is 36.9 Å². The molecule has 2 rings (SSSR count). The van der Waals surface area contributed by atoms with E-state index in [2.05, 4.69) is 15.9 Å². The number of ether oxygens (including phenoxy) is 4. The van der Waals surface area contributed by atoms with Gasteiger partial charge in [0.25, 0.3) is 0 Å². The van der Waals surface area contributed by atoms with Crippen LogP contribution in [0.2, 0.25) is 0 Å². The van der Waals surface area contributed by atoms with Crippen molar-refractivity contribution in [3.8, 4) is 11.5 Å². The second-order valence-electron chi connectivity index (χ2n) is 12.6. The number of carbonyl (C=O) groups is 3. The number of hydrogen-bond donors (Lipinski definition) is 1. The van der Waals surface area contributed by atoms with Crippen LogP contribution in [-0.4, -0.2) is 83.9 Å². The molecule has 0 radical (unpaired) electrons. The zero-order valence-electron chi connectivity index (χ0n) is 28.8. The molecule has 0 saturated heterocycles. The standard InChI is InChI=1S/C18H22F3NO5.C15H19BrF3NO3/c1-17(2,3)27-16(25)22(11-18(19,20)21)10-13-9-14(26-4)7-5-12(13)6-8-15(23)24;1-14(2,3)23-13(21)20(9-15(17,18)19)8-10-7-11(22-4)5-6-12(10)16/h5-9H,10-11H2,1-4H3,(H,23,24);5-7H,8-9H2,1-4H3. The van der Waals surface area contributed by atoms with E-state index < -0.39 is 61.3 Å². The molecule has 17 heteroatoms. The maximum Gasteiger partial charge on any atom is 0.410 e. The molecule has 0 heterocycles. The van der Waals surface area contributed by atoms with E-state index >= 15 is 0 Å². The van der Waals surface area contributed by atoms with Crippen molar-refractivity contribution in [1.29, 1.82) is 0 Å². The van der Waals surface area contributed by atoms with Crippen LogP contribution in [0.1, 0.15) is 58.2 Å². The van der Waals surface area contributed by atoms with Crippen molar-refractivity contribution in [2.45, 2.75) is 78.2 Å². The Hall–Kier alpha value is -4.15. The third-order valence-corrected chi connectivity index (χ3v) is 6.55. The van der Waals surface area contributed by atoms with Crippen LogP contribution in [0.25, 0.3) is 6.08 Å². The first kappa shape index (κ1) is 43.9. The molecule has 0 aliphatic carbocycles. The molecule has 0 fully saturated rings. The number of carbonyl (C=O) groups excluding carboxylic acids is 2. The molecule has 0 atom stereocenters. The zero-order valence-corrected chi connectivity index (χ0v) is 30.4. The van der Waals surface area contributed by atoms with Crippen molar-refractivity contribution < 1.29 is 64.8 Å². The van der Waals surface area contributed by atoms with E-state index in [1.807, 2.05) is 0 Å². The molecular formula is C33H41BrF6N2O8. The Bertz CT molecular complexity index is 1480. The second-order valence-corrected chi connectivity index (χ2v) is 13.5. The van der Waals surface area contributed by atoms with Crippen LogP contribution in [0.3, 0.4) is 0 Å². The van der Waals surface area contributed by atoms with E-state index in [9.17, 15) is 40.7 Å². The van der Waals surface area contributed by atoms with Gasteiger partial charge in [-0.2, -0.15) is 26.3 Å². The molecule has 0 spiro atoms. The van der Waals surface area contributed by atoms with Gasteiger partial charge >= 0.3 is 30.5 Å². The van der Waals surface area contributed by atoms with Gasteiger partial charge in [-0.05, 0) is 94.6 Å². The maximum atomic E-state index is 12.9. The minimum absolute atomic E-state index is 0.258. The van der Waals surface area contributed by atoms with Gasteiger partial charge in [-0.25, -0.2) is 14.4 Å². The fraction of sp³-hybridized carbons (Fsp3) is 0.485. The number of rotatable bonds is 10. The van der Waals surface area contributed by atoms with Crippen molar-refractivity contribution in [1.82, 2.24) is 9.80 Å². The predicted octanol–water partition coefficient (Wildman–Crippen LogP) is 8.85. The zero-order chi connectivity index (χ0) is 38.7. The summed E-state index contributed by atoms with van der Waals surface area (Å²) in [6.07, 6.45) is -9.22.